The molecule has 15 heavy (non-hydrogen) atoms. The average Bonchev–Trinajstić information content (AvgIpc) is 2.58. The Balaban J connectivity index is 1.77. The van der Waals surface area contributed by atoms with Gasteiger partial charge in [0.25, 0.3) is 0 Å². The van der Waals surface area contributed by atoms with Crippen molar-refractivity contribution < 1.29 is 4.74 Å². The quantitative estimate of drug-likeness (QED) is 0.860. The van der Waals surface area contributed by atoms with Gasteiger partial charge in [0.1, 0.15) is 0 Å². The Kier molecular flexibility index (Phi) is 2.77. The minimum atomic E-state index is 0.552. The standard InChI is InChI=1S/C11H15NOS2/c1-7-4-10(12-8-5-13-6-8)9-2-3-14-11(9)15-7/h2-3,7-8,10,12H,4-6H2,1H3/t7-,10?/m0/s1. The monoisotopic (exact) mass is 241 g/mol. The summed E-state index contributed by atoms with van der Waals surface area (Å²) in [6.07, 6.45) is 1.24. The summed E-state index contributed by atoms with van der Waals surface area (Å²) in [7, 11) is 0. The maximum absolute atomic E-state index is 5.21. The molecule has 0 aliphatic carbocycles. The zero-order valence-electron chi connectivity index (χ0n) is 8.73. The van der Waals surface area contributed by atoms with Gasteiger partial charge in [-0.1, -0.05) is 6.92 Å². The van der Waals surface area contributed by atoms with Crippen molar-refractivity contribution in [3.63, 3.8) is 0 Å². The van der Waals surface area contributed by atoms with Crippen molar-refractivity contribution in [2.45, 2.75) is 34.9 Å². The van der Waals surface area contributed by atoms with Gasteiger partial charge in [0.15, 0.2) is 0 Å². The smallest absolute Gasteiger partial charge is 0.0649 e. The van der Waals surface area contributed by atoms with Gasteiger partial charge in [-0.25, -0.2) is 0 Å². The van der Waals surface area contributed by atoms with E-state index in [1.165, 1.54) is 16.2 Å². The number of fused-ring (bicyclic) bond motifs is 1. The van der Waals surface area contributed by atoms with Gasteiger partial charge < -0.3 is 10.1 Å². The zero-order chi connectivity index (χ0) is 10.3. The van der Waals surface area contributed by atoms with Crippen LogP contribution in [0.3, 0.4) is 0 Å². The number of thiophene rings is 1. The van der Waals surface area contributed by atoms with Crippen molar-refractivity contribution in [3.05, 3.63) is 17.0 Å². The first-order valence-corrected chi connectivity index (χ1v) is 7.16. The van der Waals surface area contributed by atoms with Crippen LogP contribution in [0.5, 0.6) is 0 Å². The SMILES string of the molecule is C[C@H]1CC(NC2COC2)c2ccsc2S1. The lowest BCUT2D eigenvalue weighted by Gasteiger charge is -2.35. The minimum Gasteiger partial charge on any atom is -0.378 e. The molecule has 1 N–H and O–H groups in total. The Labute approximate surface area is 98.4 Å². The fourth-order valence-corrected chi connectivity index (χ4v) is 4.69. The van der Waals surface area contributed by atoms with Crippen molar-refractivity contribution >= 4 is 23.1 Å². The molecule has 1 saturated heterocycles. The summed E-state index contributed by atoms with van der Waals surface area (Å²) >= 11 is 3.90. The summed E-state index contributed by atoms with van der Waals surface area (Å²) < 4.78 is 6.71. The van der Waals surface area contributed by atoms with Crippen LogP contribution in [0.15, 0.2) is 15.7 Å². The highest BCUT2D eigenvalue weighted by atomic mass is 32.2. The molecule has 2 aliphatic heterocycles. The highest BCUT2D eigenvalue weighted by molar-refractivity contribution is 8.01. The number of hydrogen-bond acceptors (Lipinski definition) is 4. The summed E-state index contributed by atoms with van der Waals surface area (Å²) in [5.74, 6) is 0. The molecule has 0 radical (unpaired) electrons. The molecule has 1 unspecified atom stereocenters. The van der Waals surface area contributed by atoms with Gasteiger partial charge in [0, 0.05) is 11.3 Å². The molecule has 3 rings (SSSR count). The van der Waals surface area contributed by atoms with Gasteiger partial charge in [-0.2, -0.15) is 0 Å². The number of hydrogen-bond donors (Lipinski definition) is 1. The van der Waals surface area contributed by atoms with Crippen molar-refractivity contribution in [1.29, 1.82) is 0 Å². The van der Waals surface area contributed by atoms with Crippen LogP contribution in [0.1, 0.15) is 24.9 Å². The Morgan fingerprint density at radius 3 is 3.07 bits per heavy atom. The maximum atomic E-state index is 5.21. The van der Waals surface area contributed by atoms with Gasteiger partial charge in [-0.05, 0) is 23.4 Å². The van der Waals surface area contributed by atoms with E-state index in [1.54, 1.807) is 0 Å². The molecule has 1 fully saturated rings. The molecule has 0 spiro atoms. The molecule has 0 bridgehead atoms. The first kappa shape index (κ1) is 10.1. The predicted octanol–water partition coefficient (Wildman–Crippen LogP) is 2.66. The second-order valence-electron chi connectivity index (χ2n) is 4.28. The Morgan fingerprint density at radius 2 is 2.33 bits per heavy atom. The van der Waals surface area contributed by atoms with E-state index in [4.69, 9.17) is 4.74 Å². The van der Waals surface area contributed by atoms with E-state index in [1.807, 2.05) is 23.1 Å². The summed E-state index contributed by atoms with van der Waals surface area (Å²) in [5.41, 5.74) is 1.51. The fourth-order valence-electron chi connectivity index (χ4n) is 2.12. The summed E-state index contributed by atoms with van der Waals surface area (Å²) in [4.78, 5) is 0. The molecular weight excluding hydrogens is 226 g/mol. The summed E-state index contributed by atoms with van der Waals surface area (Å²) in [6.45, 7) is 4.09. The maximum Gasteiger partial charge on any atom is 0.0649 e. The molecular formula is C11H15NOS2. The molecule has 2 aliphatic rings. The van der Waals surface area contributed by atoms with Crippen LogP contribution in [-0.2, 0) is 4.74 Å². The lowest BCUT2D eigenvalue weighted by molar-refractivity contribution is -0.0107. The van der Waals surface area contributed by atoms with Crippen LogP contribution in [0.4, 0.5) is 0 Å². The van der Waals surface area contributed by atoms with Crippen LogP contribution in [0.25, 0.3) is 0 Å². The highest BCUT2D eigenvalue weighted by Gasteiger charge is 2.29. The third kappa shape index (κ3) is 1.96. The normalized spacial score (nSPS) is 31.0. The number of rotatable bonds is 2. The molecule has 82 valence electrons. The molecule has 1 aromatic heterocycles. The fraction of sp³-hybridized carbons (Fsp3) is 0.636. The number of thioether (sulfide) groups is 1. The van der Waals surface area contributed by atoms with Gasteiger partial charge in [-0.3, -0.25) is 0 Å². The molecule has 0 amide bonds. The first-order valence-electron chi connectivity index (χ1n) is 5.41. The lowest BCUT2D eigenvalue weighted by atomic mass is 10.0. The van der Waals surface area contributed by atoms with Crippen LogP contribution in [0.2, 0.25) is 0 Å². The average molecular weight is 241 g/mol. The van der Waals surface area contributed by atoms with E-state index in [-0.39, 0.29) is 0 Å². The van der Waals surface area contributed by atoms with Gasteiger partial charge in [0.2, 0.25) is 0 Å². The zero-order valence-corrected chi connectivity index (χ0v) is 10.4. The Bertz CT molecular complexity index is 348. The molecule has 1 aromatic rings. The molecule has 3 heterocycles. The van der Waals surface area contributed by atoms with Gasteiger partial charge in [0.05, 0.1) is 23.5 Å². The van der Waals surface area contributed by atoms with Crippen LogP contribution < -0.4 is 5.32 Å². The van der Waals surface area contributed by atoms with Crippen molar-refractivity contribution in [2.75, 3.05) is 13.2 Å². The predicted molar refractivity (Wildman–Crippen MR) is 64.7 cm³/mol. The minimum absolute atomic E-state index is 0.552. The van der Waals surface area contributed by atoms with E-state index < -0.39 is 0 Å². The van der Waals surface area contributed by atoms with Gasteiger partial charge in [-0.15, -0.1) is 23.1 Å². The number of nitrogens with one attached hydrogen (secondary N) is 1. The van der Waals surface area contributed by atoms with Crippen LogP contribution >= 0.6 is 23.1 Å². The largest absolute Gasteiger partial charge is 0.378 e. The molecule has 2 atom stereocenters. The lowest BCUT2D eigenvalue weighted by Crippen LogP contribution is -2.48. The second-order valence-corrected chi connectivity index (χ2v) is 6.90. The third-order valence-electron chi connectivity index (χ3n) is 2.98. The van der Waals surface area contributed by atoms with E-state index in [9.17, 15) is 0 Å². The number of ether oxygens (including phenoxy) is 1. The third-order valence-corrected chi connectivity index (χ3v) is 5.33. The Hall–Kier alpha value is -0.0300. The van der Waals surface area contributed by atoms with E-state index in [0.717, 1.165) is 18.5 Å². The van der Waals surface area contributed by atoms with E-state index >= 15 is 0 Å². The van der Waals surface area contributed by atoms with Crippen LogP contribution in [0, 0.1) is 0 Å². The topological polar surface area (TPSA) is 21.3 Å². The van der Waals surface area contributed by atoms with Crippen molar-refractivity contribution in [2.24, 2.45) is 0 Å². The summed E-state index contributed by atoms with van der Waals surface area (Å²) in [6, 6.07) is 3.41. The van der Waals surface area contributed by atoms with Gasteiger partial charge >= 0.3 is 0 Å². The molecule has 4 heteroatoms. The second kappa shape index (κ2) is 4.09. The van der Waals surface area contributed by atoms with Crippen LogP contribution in [-0.4, -0.2) is 24.5 Å². The van der Waals surface area contributed by atoms with E-state index in [0.29, 0.717) is 12.1 Å². The first-order chi connectivity index (χ1) is 7.33. The van der Waals surface area contributed by atoms with Crippen molar-refractivity contribution in [1.82, 2.24) is 5.32 Å². The molecule has 0 saturated carbocycles. The molecule has 0 aromatic carbocycles. The summed E-state index contributed by atoms with van der Waals surface area (Å²) in [5, 5.41) is 6.64. The molecule has 2 nitrogen and oxygen atoms in total. The highest BCUT2D eigenvalue weighted by Crippen LogP contribution is 2.43. The van der Waals surface area contributed by atoms with E-state index in [2.05, 4.69) is 23.7 Å². The Morgan fingerprint density at radius 1 is 1.47 bits per heavy atom. The van der Waals surface area contributed by atoms with Crippen molar-refractivity contribution in [3.8, 4) is 0 Å².